The van der Waals surface area contributed by atoms with E-state index in [2.05, 4.69) is 24.7 Å². The molecule has 5 aromatic carbocycles. The molecule has 0 bridgehead atoms. The highest BCUT2D eigenvalue weighted by Crippen LogP contribution is 2.41. The van der Waals surface area contributed by atoms with Crippen LogP contribution in [0.15, 0.2) is 131 Å². The van der Waals surface area contributed by atoms with Gasteiger partial charge in [-0.05, 0) is 112 Å². The Kier molecular flexibility index (Phi) is 14.0. The van der Waals surface area contributed by atoms with Gasteiger partial charge in [0.05, 0.1) is 21.1 Å². The quantitative estimate of drug-likeness (QED) is 0.0456. The van der Waals surface area contributed by atoms with Crippen LogP contribution in [0.3, 0.4) is 0 Å². The van der Waals surface area contributed by atoms with Crippen LogP contribution in [0.1, 0.15) is 22.5 Å². The van der Waals surface area contributed by atoms with Gasteiger partial charge >= 0.3 is 5.97 Å². The molecule has 0 saturated carbocycles. The molecule has 1 aliphatic heterocycles. The molecule has 328 valence electrons. The van der Waals surface area contributed by atoms with Gasteiger partial charge in [-0.1, -0.05) is 60.1 Å². The molecular weight excluding hydrogens is 858 g/mol. The van der Waals surface area contributed by atoms with E-state index in [0.717, 1.165) is 52.1 Å². The van der Waals surface area contributed by atoms with E-state index >= 15 is 0 Å². The van der Waals surface area contributed by atoms with E-state index in [4.69, 9.17) is 11.6 Å². The molecule has 3 N–H and O–H groups in total. The lowest BCUT2D eigenvalue weighted by atomic mass is 9.96. The molecule has 0 unspecified atom stereocenters. The first-order chi connectivity index (χ1) is 30.2. The van der Waals surface area contributed by atoms with Gasteiger partial charge in [0.1, 0.15) is 5.69 Å². The Bertz CT molecular complexity index is 2690. The molecule has 2 heterocycles. The number of carboxylic acids is 1. The number of nitrogens with one attached hydrogen (secondary N) is 2. The van der Waals surface area contributed by atoms with Crippen LogP contribution < -0.4 is 19.8 Å². The van der Waals surface area contributed by atoms with Crippen molar-refractivity contribution in [1.82, 2.24) is 9.47 Å². The minimum atomic E-state index is -4.17. The van der Waals surface area contributed by atoms with Gasteiger partial charge in [-0.2, -0.15) is 0 Å². The smallest absolute Gasteiger partial charge is 0.338 e. The number of piperazine rings is 1. The summed E-state index contributed by atoms with van der Waals surface area (Å²) in [6, 6.07) is 36.3. The van der Waals surface area contributed by atoms with Crippen molar-refractivity contribution < 1.29 is 23.2 Å². The van der Waals surface area contributed by atoms with E-state index in [0.29, 0.717) is 53.9 Å². The molecule has 0 radical (unpaired) electrons. The topological polar surface area (TPSA) is 153 Å². The second kappa shape index (κ2) is 19.6. The van der Waals surface area contributed by atoms with Crippen LogP contribution in [0.2, 0.25) is 5.02 Å². The molecule has 1 aromatic heterocycles. The number of hydrogen-bond acceptors (Lipinski definition) is 10. The summed E-state index contributed by atoms with van der Waals surface area (Å²) in [6.07, 6.45) is 0.724. The molecular formula is C47H50ClN7O6S2. The number of thioether (sulfide) groups is 1. The summed E-state index contributed by atoms with van der Waals surface area (Å²) in [5.74, 6) is -0.346. The SMILES string of the molecule is Cc1c(C(=O)O)c(-c2cc(Cl)cc(N3CCN(c4ccc(NS(=O)(=O)c5ccc(N[C@H](CCN(C)C)CSc6ccccc6)c([N+](=O)[O-])c5)cc4)CC3)c2)c(-c2ccccc2)n1C. The van der Waals surface area contributed by atoms with Crippen molar-refractivity contribution in [1.29, 1.82) is 0 Å². The maximum atomic E-state index is 13.6. The van der Waals surface area contributed by atoms with Gasteiger partial charge in [-0.25, -0.2) is 13.2 Å². The number of nitrogens with zero attached hydrogens (tertiary/aromatic N) is 5. The number of rotatable bonds is 17. The third-order valence-electron chi connectivity index (χ3n) is 11.2. The first-order valence-electron chi connectivity index (χ1n) is 20.5. The third-order valence-corrected chi connectivity index (χ3v) is 14.0. The van der Waals surface area contributed by atoms with Crippen LogP contribution in [0.5, 0.6) is 0 Å². The molecule has 7 rings (SSSR count). The van der Waals surface area contributed by atoms with Crippen molar-refractivity contribution in [3.05, 3.63) is 148 Å². The van der Waals surface area contributed by atoms with Crippen molar-refractivity contribution >= 4 is 67.8 Å². The highest BCUT2D eigenvalue weighted by Gasteiger charge is 2.28. The molecule has 0 spiro atoms. The Hall–Kier alpha value is -6.00. The fourth-order valence-corrected chi connectivity index (χ4v) is 10.2. The van der Waals surface area contributed by atoms with E-state index in [-0.39, 0.29) is 27.9 Å². The van der Waals surface area contributed by atoms with E-state index < -0.39 is 20.9 Å². The van der Waals surface area contributed by atoms with Crippen molar-refractivity contribution in [2.75, 3.05) is 72.4 Å². The van der Waals surface area contributed by atoms with Crippen molar-refractivity contribution in [2.24, 2.45) is 7.05 Å². The zero-order chi connectivity index (χ0) is 44.8. The number of aromatic nitrogens is 1. The number of carboxylic acid groups (broad SMARTS) is 1. The number of sulfonamides is 1. The number of aromatic carboxylic acids is 1. The molecule has 6 aromatic rings. The predicted octanol–water partition coefficient (Wildman–Crippen LogP) is 9.58. The second-order valence-corrected chi connectivity index (χ2v) is 18.9. The maximum Gasteiger partial charge on any atom is 0.338 e. The largest absolute Gasteiger partial charge is 0.478 e. The molecule has 13 nitrogen and oxygen atoms in total. The lowest BCUT2D eigenvalue weighted by Gasteiger charge is -2.37. The summed E-state index contributed by atoms with van der Waals surface area (Å²) in [7, 11) is 1.65. The minimum absolute atomic E-state index is 0.116. The molecule has 1 aliphatic rings. The zero-order valence-electron chi connectivity index (χ0n) is 35.5. The lowest BCUT2D eigenvalue weighted by Crippen LogP contribution is -2.46. The number of nitro groups is 1. The summed E-state index contributed by atoms with van der Waals surface area (Å²) in [6.45, 7) is 5.22. The fraction of sp³-hybridized carbons (Fsp3) is 0.255. The Morgan fingerprint density at radius 3 is 2.13 bits per heavy atom. The van der Waals surface area contributed by atoms with E-state index in [1.807, 2.05) is 124 Å². The number of hydrogen-bond donors (Lipinski definition) is 3. The summed E-state index contributed by atoms with van der Waals surface area (Å²) in [5, 5.41) is 26.4. The zero-order valence-corrected chi connectivity index (χ0v) is 37.9. The molecule has 0 aliphatic carbocycles. The van der Waals surface area contributed by atoms with E-state index in [9.17, 15) is 28.4 Å². The highest BCUT2D eigenvalue weighted by molar-refractivity contribution is 7.99. The number of benzene rings is 5. The van der Waals surface area contributed by atoms with E-state index in [1.54, 1.807) is 23.9 Å². The van der Waals surface area contributed by atoms with Crippen LogP contribution in [0.25, 0.3) is 22.4 Å². The average Bonchev–Trinajstić information content (AvgIpc) is 3.54. The summed E-state index contributed by atoms with van der Waals surface area (Å²) < 4.78 is 31.7. The fourth-order valence-electron chi connectivity index (χ4n) is 7.85. The second-order valence-electron chi connectivity index (χ2n) is 15.7. The standard InChI is InChI=1S/C47H50ClN7O6S2/c1-32-44(47(56)57)45(46(52(32)4)33-11-7-5-8-12-33)34-27-35(48)29-39(28-34)54-25-23-53(24-26-54)38-17-15-36(16-18-38)50-63(60,61)41-19-20-42(43(30-41)55(58)59)49-37(21-22-51(2)3)31-62-40-13-9-6-10-14-40/h5-20,27-30,37,49-50H,21-26,31H2,1-4H3,(H,56,57)/t37-/m1/s1. The van der Waals surface area contributed by atoms with Crippen molar-refractivity contribution in [2.45, 2.75) is 29.2 Å². The predicted molar refractivity (Wildman–Crippen MR) is 256 cm³/mol. The lowest BCUT2D eigenvalue weighted by molar-refractivity contribution is -0.384. The normalized spacial score (nSPS) is 13.6. The van der Waals surface area contributed by atoms with Gasteiger partial charge in [-0.15, -0.1) is 11.8 Å². The average molecular weight is 909 g/mol. The number of halogens is 1. The first kappa shape index (κ1) is 45.0. The maximum absolute atomic E-state index is 13.6. The summed E-state index contributed by atoms with van der Waals surface area (Å²) >= 11 is 8.39. The van der Waals surface area contributed by atoms with E-state index in [1.165, 1.54) is 12.1 Å². The molecule has 1 fully saturated rings. The van der Waals surface area contributed by atoms with Gasteiger partial charge in [0.15, 0.2) is 0 Å². The summed E-state index contributed by atoms with van der Waals surface area (Å²) in [4.78, 5) is 31.7. The minimum Gasteiger partial charge on any atom is -0.478 e. The molecule has 63 heavy (non-hydrogen) atoms. The van der Waals surface area contributed by atoms with Gasteiger partial charge in [0.2, 0.25) is 0 Å². The highest BCUT2D eigenvalue weighted by atomic mass is 35.5. The Labute approximate surface area is 377 Å². The van der Waals surface area contributed by atoms with Crippen LogP contribution in [-0.4, -0.2) is 92.5 Å². The van der Waals surface area contributed by atoms with Gasteiger partial charge < -0.3 is 29.7 Å². The molecule has 1 saturated heterocycles. The van der Waals surface area contributed by atoms with Crippen molar-refractivity contribution in [3.63, 3.8) is 0 Å². The van der Waals surface area contributed by atoms with Gasteiger partial charge in [0.25, 0.3) is 15.7 Å². The first-order valence-corrected chi connectivity index (χ1v) is 23.3. The molecule has 0 amide bonds. The monoisotopic (exact) mass is 907 g/mol. The molecule has 1 atom stereocenters. The third kappa shape index (κ3) is 10.6. The number of nitro benzene ring substituents is 1. The molecule has 16 heteroatoms. The summed E-state index contributed by atoms with van der Waals surface area (Å²) in [5.41, 5.74) is 5.97. The van der Waals surface area contributed by atoms with Crippen LogP contribution in [-0.2, 0) is 17.1 Å². The Morgan fingerprint density at radius 1 is 0.873 bits per heavy atom. The van der Waals surface area contributed by atoms with Crippen LogP contribution >= 0.6 is 23.4 Å². The number of carbonyl (C=O) groups is 1. The number of anilines is 4. The Morgan fingerprint density at radius 2 is 1.51 bits per heavy atom. The van der Waals surface area contributed by atoms with Crippen molar-refractivity contribution in [3.8, 4) is 22.4 Å². The van der Waals surface area contributed by atoms with Gasteiger partial charge in [0, 0.05) is 89.3 Å². The van der Waals surface area contributed by atoms with Crippen LogP contribution in [0, 0.1) is 17.0 Å². The Balaban J connectivity index is 1.02. The van der Waals surface area contributed by atoms with Crippen LogP contribution in [0.4, 0.5) is 28.4 Å². The van der Waals surface area contributed by atoms with Gasteiger partial charge in [-0.3, -0.25) is 14.8 Å².